The molecule has 0 spiro atoms. The van der Waals surface area contributed by atoms with Crippen molar-refractivity contribution in [2.45, 2.75) is 38.3 Å². The number of fused-ring (bicyclic) bond motifs is 2. The second-order valence-corrected chi connectivity index (χ2v) is 9.26. The first-order valence-corrected chi connectivity index (χ1v) is 11.8. The molecule has 2 aliphatic heterocycles. The summed E-state index contributed by atoms with van der Waals surface area (Å²) in [5, 5.41) is 4.27. The number of carbonyl (C=O) groups excluding carboxylic acids is 1. The Kier molecular flexibility index (Phi) is 5.78. The molecular formula is C24H27N3O3S. The molecule has 0 saturated carbocycles. The van der Waals surface area contributed by atoms with Crippen molar-refractivity contribution in [3.63, 3.8) is 0 Å². The van der Waals surface area contributed by atoms with Gasteiger partial charge in [-0.05, 0) is 56.1 Å². The zero-order valence-electron chi connectivity index (χ0n) is 17.7. The lowest BCUT2D eigenvalue weighted by molar-refractivity contribution is -0.123. The van der Waals surface area contributed by atoms with Gasteiger partial charge in [0.05, 0.1) is 28.8 Å². The van der Waals surface area contributed by atoms with Crippen LogP contribution in [0.4, 0.5) is 0 Å². The van der Waals surface area contributed by atoms with E-state index in [1.807, 2.05) is 31.2 Å². The van der Waals surface area contributed by atoms with Crippen molar-refractivity contribution in [2.75, 3.05) is 26.3 Å². The van der Waals surface area contributed by atoms with Crippen LogP contribution in [0, 0.1) is 0 Å². The van der Waals surface area contributed by atoms with Crippen LogP contribution in [0.25, 0.3) is 10.2 Å². The summed E-state index contributed by atoms with van der Waals surface area (Å²) >= 11 is 1.75. The summed E-state index contributed by atoms with van der Waals surface area (Å²) in [4.78, 5) is 20.1. The van der Waals surface area contributed by atoms with Crippen LogP contribution in [-0.4, -0.2) is 42.1 Å². The second-order valence-electron chi connectivity index (χ2n) is 8.19. The molecule has 0 unspecified atom stereocenters. The fourth-order valence-corrected chi connectivity index (χ4v) is 5.51. The number of hydrogen-bond acceptors (Lipinski definition) is 6. The highest BCUT2D eigenvalue weighted by Gasteiger charge is 2.28. The molecule has 0 aliphatic carbocycles. The zero-order chi connectivity index (χ0) is 21.2. The molecule has 2 aliphatic rings. The number of hydrogen-bond donors (Lipinski definition) is 1. The fourth-order valence-electron chi connectivity index (χ4n) is 4.38. The number of thiazole rings is 1. The predicted octanol–water partition coefficient (Wildman–Crippen LogP) is 4.47. The molecule has 2 aromatic carbocycles. The van der Waals surface area contributed by atoms with Gasteiger partial charge in [-0.2, -0.15) is 0 Å². The standard InChI is InChI=1S/C24H27N3O3S/c1-16(17-9-10-20-21(14-17)30-13-12-29-20)25-23(28)15-27-11-5-4-7-19(27)24-26-18-6-2-3-8-22(18)31-24/h2-3,6,8-10,14,16,19H,4-5,7,11-13,15H2,1H3,(H,25,28)/t16-,19-/m0/s1. The summed E-state index contributed by atoms with van der Waals surface area (Å²) in [6.45, 7) is 4.44. The van der Waals surface area contributed by atoms with E-state index in [1.54, 1.807) is 11.3 Å². The van der Waals surface area contributed by atoms with Crippen molar-refractivity contribution in [2.24, 2.45) is 0 Å². The topological polar surface area (TPSA) is 63.7 Å². The number of amides is 1. The third kappa shape index (κ3) is 4.38. The van der Waals surface area contributed by atoms with Gasteiger partial charge >= 0.3 is 0 Å². The van der Waals surface area contributed by atoms with Crippen LogP contribution in [-0.2, 0) is 4.79 Å². The molecule has 0 radical (unpaired) electrons. The van der Waals surface area contributed by atoms with Crippen LogP contribution < -0.4 is 14.8 Å². The van der Waals surface area contributed by atoms with E-state index >= 15 is 0 Å². The molecule has 1 N–H and O–H groups in total. The van der Waals surface area contributed by atoms with Crippen LogP contribution >= 0.6 is 11.3 Å². The van der Waals surface area contributed by atoms with Crippen LogP contribution in [0.15, 0.2) is 42.5 Å². The van der Waals surface area contributed by atoms with E-state index in [9.17, 15) is 4.79 Å². The van der Waals surface area contributed by atoms with E-state index in [0.717, 1.165) is 47.0 Å². The second kappa shape index (κ2) is 8.85. The third-order valence-electron chi connectivity index (χ3n) is 6.00. The van der Waals surface area contributed by atoms with Gasteiger partial charge in [0.15, 0.2) is 11.5 Å². The molecule has 0 bridgehead atoms. The van der Waals surface area contributed by atoms with Gasteiger partial charge in [0, 0.05) is 0 Å². The Bertz CT molecular complexity index is 1050. The van der Waals surface area contributed by atoms with Gasteiger partial charge in [0.2, 0.25) is 5.91 Å². The molecule has 1 aromatic heterocycles. The third-order valence-corrected chi connectivity index (χ3v) is 7.14. The highest BCUT2D eigenvalue weighted by Crippen LogP contribution is 2.36. The predicted molar refractivity (Wildman–Crippen MR) is 122 cm³/mol. The Balaban J connectivity index is 1.26. The van der Waals surface area contributed by atoms with Gasteiger partial charge in [0.25, 0.3) is 0 Å². The van der Waals surface area contributed by atoms with Crippen molar-refractivity contribution >= 4 is 27.5 Å². The van der Waals surface area contributed by atoms with E-state index in [4.69, 9.17) is 14.5 Å². The molecule has 3 heterocycles. The SMILES string of the molecule is C[C@H](NC(=O)CN1CCCC[C@H]1c1nc2ccccc2s1)c1ccc2c(c1)OCCO2. The van der Waals surface area contributed by atoms with E-state index in [0.29, 0.717) is 19.8 Å². The Hall–Kier alpha value is -2.64. The van der Waals surface area contributed by atoms with Crippen LogP contribution in [0.3, 0.4) is 0 Å². The number of para-hydroxylation sites is 1. The summed E-state index contributed by atoms with van der Waals surface area (Å²) in [6.07, 6.45) is 3.34. The lowest BCUT2D eigenvalue weighted by Gasteiger charge is -2.34. The van der Waals surface area contributed by atoms with Crippen LogP contribution in [0.1, 0.15) is 48.8 Å². The molecule has 1 saturated heterocycles. The van der Waals surface area contributed by atoms with E-state index in [1.165, 1.54) is 11.1 Å². The van der Waals surface area contributed by atoms with Gasteiger partial charge in [-0.25, -0.2) is 4.98 Å². The molecular weight excluding hydrogens is 410 g/mol. The number of nitrogens with zero attached hydrogens (tertiary/aromatic N) is 2. The summed E-state index contributed by atoms with van der Waals surface area (Å²) in [5.41, 5.74) is 2.06. The van der Waals surface area contributed by atoms with Crippen LogP contribution in [0.2, 0.25) is 0 Å². The minimum Gasteiger partial charge on any atom is -0.486 e. The summed E-state index contributed by atoms with van der Waals surface area (Å²) in [6, 6.07) is 14.2. The number of carbonyl (C=O) groups is 1. The smallest absolute Gasteiger partial charge is 0.234 e. The molecule has 6 nitrogen and oxygen atoms in total. The molecule has 31 heavy (non-hydrogen) atoms. The minimum absolute atomic E-state index is 0.0374. The number of benzene rings is 2. The van der Waals surface area contributed by atoms with Crippen molar-refractivity contribution in [3.05, 3.63) is 53.0 Å². The van der Waals surface area contributed by atoms with Crippen molar-refractivity contribution in [3.8, 4) is 11.5 Å². The Labute approximate surface area is 186 Å². The van der Waals surface area contributed by atoms with E-state index in [2.05, 4.69) is 28.4 Å². The summed E-state index contributed by atoms with van der Waals surface area (Å²) in [5.74, 6) is 1.55. The molecule has 3 aromatic rings. The molecule has 162 valence electrons. The number of nitrogens with one attached hydrogen (secondary N) is 1. The van der Waals surface area contributed by atoms with E-state index in [-0.39, 0.29) is 18.0 Å². The first-order valence-electron chi connectivity index (χ1n) is 11.0. The van der Waals surface area contributed by atoms with E-state index < -0.39 is 0 Å². The van der Waals surface area contributed by atoms with Crippen molar-refractivity contribution < 1.29 is 14.3 Å². The highest BCUT2D eigenvalue weighted by molar-refractivity contribution is 7.18. The molecule has 1 fully saturated rings. The van der Waals surface area contributed by atoms with Gasteiger partial charge in [-0.15, -0.1) is 11.3 Å². The first kappa shape index (κ1) is 20.3. The first-order chi connectivity index (χ1) is 15.2. The molecule has 1 amide bonds. The largest absolute Gasteiger partial charge is 0.486 e. The lowest BCUT2D eigenvalue weighted by atomic mass is 10.0. The zero-order valence-corrected chi connectivity index (χ0v) is 18.5. The van der Waals surface area contributed by atoms with Crippen molar-refractivity contribution in [1.29, 1.82) is 0 Å². The Morgan fingerprint density at radius 3 is 2.90 bits per heavy atom. The normalized spacial score (nSPS) is 19.8. The van der Waals surface area contributed by atoms with Gasteiger partial charge in [-0.3, -0.25) is 9.69 Å². The van der Waals surface area contributed by atoms with Gasteiger partial charge in [0.1, 0.15) is 18.2 Å². The minimum atomic E-state index is -0.103. The lowest BCUT2D eigenvalue weighted by Crippen LogP contribution is -2.42. The number of likely N-dealkylation sites (tertiary alicyclic amines) is 1. The number of rotatable bonds is 5. The average Bonchev–Trinajstić information content (AvgIpc) is 3.23. The maximum atomic E-state index is 12.9. The average molecular weight is 438 g/mol. The maximum Gasteiger partial charge on any atom is 0.234 e. The number of piperidine rings is 1. The Morgan fingerprint density at radius 1 is 1.19 bits per heavy atom. The highest BCUT2D eigenvalue weighted by atomic mass is 32.1. The molecule has 2 atom stereocenters. The quantitative estimate of drug-likeness (QED) is 0.638. The molecule has 5 rings (SSSR count). The van der Waals surface area contributed by atoms with Crippen LogP contribution in [0.5, 0.6) is 11.5 Å². The van der Waals surface area contributed by atoms with Crippen molar-refractivity contribution in [1.82, 2.24) is 15.2 Å². The fraction of sp³-hybridized carbons (Fsp3) is 0.417. The Morgan fingerprint density at radius 2 is 2.03 bits per heavy atom. The number of aromatic nitrogens is 1. The van der Waals surface area contributed by atoms with Gasteiger partial charge in [-0.1, -0.05) is 24.6 Å². The van der Waals surface area contributed by atoms with Gasteiger partial charge < -0.3 is 14.8 Å². The monoisotopic (exact) mass is 437 g/mol. The summed E-state index contributed by atoms with van der Waals surface area (Å²) in [7, 11) is 0. The maximum absolute atomic E-state index is 12.9. The number of ether oxygens (including phenoxy) is 2. The summed E-state index contributed by atoms with van der Waals surface area (Å²) < 4.78 is 12.5. The molecule has 7 heteroatoms.